The quantitative estimate of drug-likeness (QED) is 0.630. The van der Waals surface area contributed by atoms with E-state index in [1.54, 1.807) is 0 Å². The molecule has 1 aromatic carbocycles. The molecule has 2 rings (SSSR count). The van der Waals surface area contributed by atoms with Gasteiger partial charge in [-0.1, -0.05) is 17.7 Å². The molecule has 0 radical (unpaired) electrons. The van der Waals surface area contributed by atoms with E-state index in [0.29, 0.717) is 12.2 Å². The molecule has 1 atom stereocenters. The van der Waals surface area contributed by atoms with Crippen molar-refractivity contribution in [2.75, 3.05) is 11.9 Å². The summed E-state index contributed by atoms with van der Waals surface area (Å²) >= 11 is 0. The summed E-state index contributed by atoms with van der Waals surface area (Å²) < 4.78 is 0. The number of amides is 1. The number of hydrogen-bond donors (Lipinski definition) is 3. The average Bonchev–Trinajstić information content (AvgIpc) is 2.53. The summed E-state index contributed by atoms with van der Waals surface area (Å²) in [6.07, 6.45) is 7.71. The minimum Gasteiger partial charge on any atom is -0.480 e. The molecular weight excluding hydrogens is 316 g/mol. The summed E-state index contributed by atoms with van der Waals surface area (Å²) in [6, 6.07) is 4.92. The van der Waals surface area contributed by atoms with Gasteiger partial charge in [-0.3, -0.25) is 9.59 Å². The van der Waals surface area contributed by atoms with Crippen LogP contribution in [-0.4, -0.2) is 29.6 Å². The lowest BCUT2D eigenvalue weighted by molar-refractivity contribution is -0.141. The zero-order valence-electron chi connectivity index (χ0n) is 15.1. The van der Waals surface area contributed by atoms with E-state index in [-0.39, 0.29) is 12.3 Å². The van der Waals surface area contributed by atoms with E-state index < -0.39 is 12.0 Å². The van der Waals surface area contributed by atoms with Crippen molar-refractivity contribution in [2.45, 2.75) is 58.4 Å². The Balaban J connectivity index is 1.84. The topological polar surface area (TPSA) is 78.4 Å². The molecule has 5 heteroatoms. The van der Waals surface area contributed by atoms with Gasteiger partial charge in [0, 0.05) is 5.69 Å². The van der Waals surface area contributed by atoms with Crippen molar-refractivity contribution in [2.24, 2.45) is 0 Å². The fourth-order valence-corrected chi connectivity index (χ4v) is 3.23. The summed E-state index contributed by atoms with van der Waals surface area (Å²) in [4.78, 5) is 23.6. The van der Waals surface area contributed by atoms with Gasteiger partial charge in [0.1, 0.15) is 6.04 Å². The third kappa shape index (κ3) is 6.70. The predicted octanol–water partition coefficient (Wildman–Crippen LogP) is 3.57. The van der Waals surface area contributed by atoms with Crippen molar-refractivity contribution in [1.82, 2.24) is 5.32 Å². The summed E-state index contributed by atoms with van der Waals surface area (Å²) in [5.41, 5.74) is 4.22. The molecule has 0 bridgehead atoms. The number of carboxylic acids is 1. The maximum absolute atomic E-state index is 12.2. The molecule has 0 saturated carbocycles. The molecule has 1 aliphatic carbocycles. The Kier molecular flexibility index (Phi) is 7.19. The van der Waals surface area contributed by atoms with Gasteiger partial charge in [0.2, 0.25) is 5.91 Å². The Bertz CT molecular complexity index is 632. The second-order valence-electron chi connectivity index (χ2n) is 6.83. The Hall–Kier alpha value is -2.14. The third-order valence-electron chi connectivity index (χ3n) is 4.41. The Morgan fingerprint density at radius 1 is 1.16 bits per heavy atom. The maximum Gasteiger partial charge on any atom is 0.321 e. The van der Waals surface area contributed by atoms with Crippen LogP contribution in [0.5, 0.6) is 0 Å². The number of carboxylic acid groups (broad SMARTS) is 1. The van der Waals surface area contributed by atoms with Gasteiger partial charge in [0.05, 0.1) is 6.42 Å². The van der Waals surface area contributed by atoms with E-state index in [2.05, 4.69) is 16.7 Å². The standard InChI is InChI=1S/C20H28N2O3/c1-14-10-15(2)12-17(11-14)22-19(23)13-18(20(24)25)21-9-8-16-6-4-3-5-7-16/h6,10-12,18,21H,3-5,7-9,13H2,1-2H3,(H,22,23)(H,24,25). The molecule has 5 nitrogen and oxygen atoms in total. The van der Waals surface area contributed by atoms with Crippen LogP contribution in [0.2, 0.25) is 0 Å². The van der Waals surface area contributed by atoms with E-state index in [9.17, 15) is 14.7 Å². The summed E-state index contributed by atoms with van der Waals surface area (Å²) in [7, 11) is 0. The number of aryl methyl sites for hydroxylation is 2. The lowest BCUT2D eigenvalue weighted by Crippen LogP contribution is -2.40. The van der Waals surface area contributed by atoms with Crippen LogP contribution in [0.4, 0.5) is 5.69 Å². The molecule has 1 aromatic rings. The summed E-state index contributed by atoms with van der Waals surface area (Å²) in [5, 5.41) is 15.2. The normalized spacial score (nSPS) is 15.4. The molecule has 1 aliphatic rings. The van der Waals surface area contributed by atoms with Gasteiger partial charge < -0.3 is 15.7 Å². The Morgan fingerprint density at radius 3 is 2.48 bits per heavy atom. The highest BCUT2D eigenvalue weighted by molar-refractivity contribution is 5.94. The number of carbonyl (C=O) groups is 2. The van der Waals surface area contributed by atoms with Gasteiger partial charge >= 0.3 is 5.97 Å². The van der Waals surface area contributed by atoms with Gasteiger partial charge in [0.15, 0.2) is 0 Å². The second kappa shape index (κ2) is 9.37. The van der Waals surface area contributed by atoms with Crippen LogP contribution in [0.3, 0.4) is 0 Å². The van der Waals surface area contributed by atoms with Crippen LogP contribution < -0.4 is 10.6 Å². The molecule has 0 heterocycles. The molecule has 1 amide bonds. The highest BCUT2D eigenvalue weighted by Crippen LogP contribution is 2.19. The number of anilines is 1. The Morgan fingerprint density at radius 2 is 1.88 bits per heavy atom. The smallest absolute Gasteiger partial charge is 0.321 e. The fraction of sp³-hybridized carbons (Fsp3) is 0.500. The van der Waals surface area contributed by atoms with Gasteiger partial charge in [-0.2, -0.15) is 0 Å². The van der Waals surface area contributed by atoms with Crippen LogP contribution in [0, 0.1) is 13.8 Å². The number of rotatable bonds is 8. The minimum absolute atomic E-state index is 0.0820. The van der Waals surface area contributed by atoms with Gasteiger partial charge in [-0.05, 0) is 75.8 Å². The number of hydrogen-bond acceptors (Lipinski definition) is 3. The first-order valence-electron chi connectivity index (χ1n) is 8.96. The van der Waals surface area contributed by atoms with Crippen LogP contribution in [0.25, 0.3) is 0 Å². The molecule has 0 spiro atoms. The molecule has 136 valence electrons. The van der Waals surface area contributed by atoms with Gasteiger partial charge in [0.25, 0.3) is 0 Å². The van der Waals surface area contributed by atoms with E-state index in [0.717, 1.165) is 30.4 Å². The molecule has 25 heavy (non-hydrogen) atoms. The van der Waals surface area contributed by atoms with Crippen molar-refractivity contribution < 1.29 is 14.7 Å². The number of aliphatic carboxylic acids is 1. The SMILES string of the molecule is Cc1cc(C)cc(NC(=O)CC(NCCC2=CCCCC2)C(=O)O)c1. The first-order valence-corrected chi connectivity index (χ1v) is 8.96. The highest BCUT2D eigenvalue weighted by atomic mass is 16.4. The molecule has 0 aliphatic heterocycles. The number of carbonyl (C=O) groups excluding carboxylic acids is 1. The number of allylic oxidation sites excluding steroid dienone is 1. The van der Waals surface area contributed by atoms with E-state index in [4.69, 9.17) is 0 Å². The van der Waals surface area contributed by atoms with Crippen molar-refractivity contribution >= 4 is 17.6 Å². The van der Waals surface area contributed by atoms with Crippen LogP contribution in [-0.2, 0) is 9.59 Å². The zero-order chi connectivity index (χ0) is 18.2. The number of nitrogens with one attached hydrogen (secondary N) is 2. The van der Waals surface area contributed by atoms with Crippen molar-refractivity contribution in [1.29, 1.82) is 0 Å². The first kappa shape index (κ1) is 19.2. The average molecular weight is 344 g/mol. The molecule has 0 aromatic heterocycles. The zero-order valence-corrected chi connectivity index (χ0v) is 15.1. The first-order chi connectivity index (χ1) is 11.9. The molecule has 1 unspecified atom stereocenters. The van der Waals surface area contributed by atoms with Crippen molar-refractivity contribution in [3.8, 4) is 0 Å². The minimum atomic E-state index is -0.992. The Labute approximate surface area is 149 Å². The molecule has 3 N–H and O–H groups in total. The van der Waals surface area contributed by atoms with E-state index in [1.807, 2.05) is 32.0 Å². The van der Waals surface area contributed by atoms with Crippen LogP contribution >= 0.6 is 0 Å². The summed E-state index contributed by atoms with van der Waals surface area (Å²) in [5.74, 6) is -1.28. The summed E-state index contributed by atoms with van der Waals surface area (Å²) in [6.45, 7) is 4.51. The van der Waals surface area contributed by atoms with Crippen molar-refractivity contribution in [3.05, 3.63) is 41.0 Å². The highest BCUT2D eigenvalue weighted by Gasteiger charge is 2.21. The van der Waals surface area contributed by atoms with Crippen molar-refractivity contribution in [3.63, 3.8) is 0 Å². The molecular formula is C20H28N2O3. The second-order valence-corrected chi connectivity index (χ2v) is 6.83. The third-order valence-corrected chi connectivity index (χ3v) is 4.41. The lowest BCUT2D eigenvalue weighted by Gasteiger charge is -2.17. The fourth-order valence-electron chi connectivity index (χ4n) is 3.23. The molecule has 0 fully saturated rings. The van der Waals surface area contributed by atoms with E-state index >= 15 is 0 Å². The predicted molar refractivity (Wildman–Crippen MR) is 99.8 cm³/mol. The van der Waals surface area contributed by atoms with Gasteiger partial charge in [-0.25, -0.2) is 0 Å². The monoisotopic (exact) mass is 344 g/mol. The maximum atomic E-state index is 12.2. The number of benzene rings is 1. The van der Waals surface area contributed by atoms with E-state index in [1.165, 1.54) is 18.4 Å². The van der Waals surface area contributed by atoms with Gasteiger partial charge in [-0.15, -0.1) is 0 Å². The lowest BCUT2D eigenvalue weighted by atomic mass is 9.97. The largest absolute Gasteiger partial charge is 0.480 e. The van der Waals surface area contributed by atoms with Crippen LogP contribution in [0.1, 0.15) is 49.7 Å². The molecule has 0 saturated heterocycles. The van der Waals surface area contributed by atoms with Crippen LogP contribution in [0.15, 0.2) is 29.8 Å².